The Balaban J connectivity index is 1.40. The van der Waals surface area contributed by atoms with Crippen LogP contribution in [0.3, 0.4) is 0 Å². The molecule has 0 N–H and O–H groups in total. The summed E-state index contributed by atoms with van der Waals surface area (Å²) in [6.45, 7) is 3.56. The number of ketones is 1. The predicted octanol–water partition coefficient (Wildman–Crippen LogP) is 7.86. The Labute approximate surface area is 223 Å². The molecular weight excluding hydrogens is 500 g/mol. The van der Waals surface area contributed by atoms with Crippen LogP contribution in [0.25, 0.3) is 34.8 Å². The quantitative estimate of drug-likeness (QED) is 0.142. The first kappa shape index (κ1) is 25.6. The van der Waals surface area contributed by atoms with Crippen molar-refractivity contribution in [3.8, 4) is 22.6 Å². The molecule has 0 spiro atoms. The van der Waals surface area contributed by atoms with Gasteiger partial charge in [-0.25, -0.2) is 0 Å². The van der Waals surface area contributed by atoms with Gasteiger partial charge in [-0.1, -0.05) is 12.1 Å². The SMILES string of the molecule is Cc1ccc(-c2ccc(/C=C3\CCC/C(=C\c4ccc(-c5ccc(C)cc5[N+](=O)[O-])o4)C3=O)o2)c([N+](=O)[O-])c1. The van der Waals surface area contributed by atoms with Gasteiger partial charge in [-0.05, 0) is 92.8 Å². The van der Waals surface area contributed by atoms with Crippen molar-refractivity contribution in [2.75, 3.05) is 0 Å². The minimum Gasteiger partial charge on any atom is -0.456 e. The summed E-state index contributed by atoms with van der Waals surface area (Å²) < 4.78 is 11.7. The molecule has 0 bridgehead atoms. The van der Waals surface area contributed by atoms with Gasteiger partial charge < -0.3 is 8.83 Å². The molecule has 0 amide bonds. The van der Waals surface area contributed by atoms with E-state index in [2.05, 4.69) is 0 Å². The Kier molecular flexibility index (Phi) is 6.81. The van der Waals surface area contributed by atoms with E-state index < -0.39 is 9.85 Å². The van der Waals surface area contributed by atoms with Crippen LogP contribution in [0.4, 0.5) is 11.4 Å². The van der Waals surface area contributed by atoms with Crippen molar-refractivity contribution in [2.24, 2.45) is 0 Å². The van der Waals surface area contributed by atoms with Gasteiger partial charge in [0, 0.05) is 23.3 Å². The molecule has 1 saturated carbocycles. The predicted molar refractivity (Wildman–Crippen MR) is 146 cm³/mol. The molecule has 5 rings (SSSR count). The minimum absolute atomic E-state index is 0.0451. The highest BCUT2D eigenvalue weighted by molar-refractivity contribution is 6.13. The first-order valence-electron chi connectivity index (χ1n) is 12.4. The van der Waals surface area contributed by atoms with Crippen molar-refractivity contribution < 1.29 is 23.5 Å². The zero-order chi connectivity index (χ0) is 27.7. The first-order valence-corrected chi connectivity index (χ1v) is 12.4. The van der Waals surface area contributed by atoms with Crippen LogP contribution in [-0.4, -0.2) is 15.6 Å². The second-order valence-electron chi connectivity index (χ2n) is 9.48. The third-order valence-corrected chi connectivity index (χ3v) is 6.59. The second kappa shape index (κ2) is 10.4. The van der Waals surface area contributed by atoms with Crippen LogP contribution in [0.15, 0.2) is 80.6 Å². The summed E-state index contributed by atoms with van der Waals surface area (Å²) in [7, 11) is 0. The summed E-state index contributed by atoms with van der Waals surface area (Å²) in [5.41, 5.74) is 3.31. The van der Waals surface area contributed by atoms with Gasteiger partial charge in [0.25, 0.3) is 11.4 Å². The number of benzene rings is 2. The van der Waals surface area contributed by atoms with Crippen molar-refractivity contribution in [3.05, 3.63) is 115 Å². The van der Waals surface area contributed by atoms with Gasteiger partial charge in [-0.15, -0.1) is 0 Å². The largest absolute Gasteiger partial charge is 0.456 e. The lowest BCUT2D eigenvalue weighted by molar-refractivity contribution is -0.384. The molecule has 1 fully saturated rings. The fourth-order valence-electron chi connectivity index (χ4n) is 4.67. The maximum Gasteiger partial charge on any atom is 0.280 e. The number of nitro groups is 2. The average Bonchev–Trinajstić information content (AvgIpc) is 3.56. The fraction of sp³-hybridized carbons (Fsp3) is 0.167. The van der Waals surface area contributed by atoms with Gasteiger partial charge in [-0.3, -0.25) is 25.0 Å². The number of carbonyl (C=O) groups is 1. The van der Waals surface area contributed by atoms with Gasteiger partial charge >= 0.3 is 0 Å². The molecule has 0 radical (unpaired) electrons. The van der Waals surface area contributed by atoms with Gasteiger partial charge in [0.1, 0.15) is 23.0 Å². The van der Waals surface area contributed by atoms with Crippen LogP contribution in [0.5, 0.6) is 0 Å². The third kappa shape index (κ3) is 5.33. The summed E-state index contributed by atoms with van der Waals surface area (Å²) in [6, 6.07) is 16.5. The lowest BCUT2D eigenvalue weighted by Gasteiger charge is -2.15. The third-order valence-electron chi connectivity index (χ3n) is 6.59. The van der Waals surface area contributed by atoms with E-state index in [9.17, 15) is 25.0 Å². The topological polar surface area (TPSA) is 130 Å². The van der Waals surface area contributed by atoms with E-state index in [1.165, 1.54) is 12.1 Å². The molecule has 0 unspecified atom stereocenters. The zero-order valence-electron chi connectivity index (χ0n) is 21.3. The molecule has 2 aromatic heterocycles. The van der Waals surface area contributed by atoms with E-state index in [1.54, 1.807) is 74.5 Å². The van der Waals surface area contributed by atoms with Crippen molar-refractivity contribution in [3.63, 3.8) is 0 Å². The second-order valence-corrected chi connectivity index (χ2v) is 9.48. The van der Waals surface area contributed by atoms with Crippen LogP contribution >= 0.6 is 0 Å². The Bertz CT molecular complexity index is 1560. The van der Waals surface area contributed by atoms with Crippen LogP contribution < -0.4 is 0 Å². The highest BCUT2D eigenvalue weighted by Gasteiger charge is 2.23. The summed E-state index contributed by atoms with van der Waals surface area (Å²) in [5, 5.41) is 23.0. The lowest BCUT2D eigenvalue weighted by Crippen LogP contribution is -2.12. The average molecular weight is 525 g/mol. The number of nitrogens with zero attached hydrogens (tertiary/aromatic N) is 2. The molecule has 2 heterocycles. The summed E-state index contributed by atoms with van der Waals surface area (Å²) in [5.74, 6) is 1.41. The van der Waals surface area contributed by atoms with Crippen molar-refractivity contribution in [1.29, 1.82) is 0 Å². The highest BCUT2D eigenvalue weighted by Crippen LogP contribution is 2.35. The number of furan rings is 2. The zero-order valence-corrected chi connectivity index (χ0v) is 21.3. The molecule has 0 aliphatic heterocycles. The standard InChI is InChI=1S/C30H24N2O7/c1-18-6-10-24(26(14-18)31(34)35)28-12-8-22(38-28)16-20-4-3-5-21(30(20)33)17-23-9-13-29(39-23)25-11-7-19(2)15-27(25)32(36)37/h6-17H,3-5H2,1-2H3/b20-16+,21-17+. The number of nitro benzene ring substituents is 2. The minimum atomic E-state index is -0.443. The molecule has 1 aliphatic rings. The molecule has 9 nitrogen and oxygen atoms in total. The van der Waals surface area contributed by atoms with E-state index in [0.29, 0.717) is 58.2 Å². The smallest absolute Gasteiger partial charge is 0.280 e. The first-order chi connectivity index (χ1) is 18.7. The summed E-state index contributed by atoms with van der Waals surface area (Å²) in [4.78, 5) is 35.4. The van der Waals surface area contributed by atoms with Gasteiger partial charge in [0.2, 0.25) is 0 Å². The molecule has 196 valence electrons. The molecule has 4 aromatic rings. The van der Waals surface area contributed by atoms with E-state index in [4.69, 9.17) is 8.83 Å². The normalized spacial score (nSPS) is 15.7. The van der Waals surface area contributed by atoms with Crippen LogP contribution in [0.2, 0.25) is 0 Å². The van der Waals surface area contributed by atoms with E-state index >= 15 is 0 Å². The molecule has 0 atom stereocenters. The molecule has 39 heavy (non-hydrogen) atoms. The number of allylic oxidation sites excluding steroid dienone is 2. The highest BCUT2D eigenvalue weighted by atomic mass is 16.6. The summed E-state index contributed by atoms with van der Waals surface area (Å²) in [6.07, 6.45) is 5.22. The molecule has 2 aromatic carbocycles. The van der Waals surface area contributed by atoms with Gasteiger partial charge in [0.05, 0.1) is 21.0 Å². The van der Waals surface area contributed by atoms with Crippen molar-refractivity contribution in [2.45, 2.75) is 33.1 Å². The molecule has 0 saturated heterocycles. The van der Waals surface area contributed by atoms with Crippen LogP contribution in [0, 0.1) is 34.1 Å². The number of rotatable bonds is 6. The van der Waals surface area contributed by atoms with Crippen LogP contribution in [-0.2, 0) is 4.79 Å². The van der Waals surface area contributed by atoms with Gasteiger partial charge in [-0.2, -0.15) is 0 Å². The number of carbonyl (C=O) groups excluding carboxylic acids is 1. The van der Waals surface area contributed by atoms with Gasteiger partial charge in [0.15, 0.2) is 5.78 Å². The Hall–Kier alpha value is -5.05. The molecule has 1 aliphatic carbocycles. The fourth-order valence-corrected chi connectivity index (χ4v) is 4.67. The van der Waals surface area contributed by atoms with E-state index in [-0.39, 0.29) is 17.2 Å². The Morgan fingerprint density at radius 3 is 1.54 bits per heavy atom. The van der Waals surface area contributed by atoms with Crippen molar-refractivity contribution >= 4 is 29.3 Å². The Morgan fingerprint density at radius 1 is 0.692 bits per heavy atom. The number of aryl methyl sites for hydroxylation is 2. The van der Waals surface area contributed by atoms with E-state index in [0.717, 1.165) is 17.5 Å². The maximum absolute atomic E-state index is 13.3. The monoisotopic (exact) mass is 524 g/mol. The maximum atomic E-state index is 13.3. The number of Topliss-reactive ketones (excluding diaryl/α,β-unsaturated/α-hetero) is 1. The van der Waals surface area contributed by atoms with Crippen LogP contribution in [0.1, 0.15) is 41.9 Å². The number of hydrogen-bond acceptors (Lipinski definition) is 7. The number of hydrogen-bond donors (Lipinski definition) is 0. The Morgan fingerprint density at radius 2 is 1.13 bits per heavy atom. The van der Waals surface area contributed by atoms with E-state index in [1.807, 2.05) is 0 Å². The lowest BCUT2D eigenvalue weighted by atomic mass is 9.88. The molecule has 9 heteroatoms. The molecular formula is C30H24N2O7. The van der Waals surface area contributed by atoms with Crippen molar-refractivity contribution in [1.82, 2.24) is 0 Å². The summed E-state index contributed by atoms with van der Waals surface area (Å²) >= 11 is 0.